The van der Waals surface area contributed by atoms with Gasteiger partial charge in [0.05, 0.1) is 0 Å². The van der Waals surface area contributed by atoms with Gasteiger partial charge < -0.3 is 15.4 Å². The second-order valence-electron chi connectivity index (χ2n) is 4.78. The van der Waals surface area contributed by atoms with E-state index in [4.69, 9.17) is 4.74 Å². The molecule has 100 valence electrons. The first kappa shape index (κ1) is 14.5. The first-order chi connectivity index (χ1) is 8.24. The maximum absolute atomic E-state index is 11.6. The average molecular weight is 242 g/mol. The highest BCUT2D eigenvalue weighted by Crippen LogP contribution is 2.14. The van der Waals surface area contributed by atoms with Crippen molar-refractivity contribution in [1.82, 2.24) is 10.6 Å². The van der Waals surface area contributed by atoms with E-state index in [1.807, 2.05) is 6.92 Å². The Kier molecular flexibility index (Phi) is 7.21. The molecule has 0 aromatic rings. The predicted molar refractivity (Wildman–Crippen MR) is 68.9 cm³/mol. The van der Waals surface area contributed by atoms with E-state index in [0.29, 0.717) is 25.0 Å². The number of hydrogen-bond acceptors (Lipinski definition) is 3. The van der Waals surface area contributed by atoms with Crippen LogP contribution in [0.2, 0.25) is 0 Å². The van der Waals surface area contributed by atoms with Crippen molar-refractivity contribution in [3.63, 3.8) is 0 Å². The fourth-order valence-corrected chi connectivity index (χ4v) is 2.18. The van der Waals surface area contributed by atoms with Crippen LogP contribution < -0.4 is 10.6 Å². The quantitative estimate of drug-likeness (QED) is 0.662. The van der Waals surface area contributed by atoms with Gasteiger partial charge in [-0.25, -0.2) is 0 Å². The lowest BCUT2D eigenvalue weighted by molar-refractivity contribution is -0.121. The molecule has 4 nitrogen and oxygen atoms in total. The molecule has 0 aliphatic carbocycles. The minimum atomic E-state index is 0.143. The third-order valence-electron chi connectivity index (χ3n) is 3.35. The highest BCUT2D eigenvalue weighted by Gasteiger charge is 2.20. The molecular weight excluding hydrogens is 216 g/mol. The fraction of sp³-hybridized carbons (Fsp3) is 0.923. The van der Waals surface area contributed by atoms with E-state index in [2.05, 4.69) is 17.6 Å². The van der Waals surface area contributed by atoms with Crippen LogP contribution in [-0.4, -0.2) is 38.3 Å². The molecule has 0 spiro atoms. The normalized spacial score (nSPS) is 24.6. The first-order valence-corrected chi connectivity index (χ1v) is 6.82. The molecule has 0 saturated carbocycles. The Morgan fingerprint density at radius 1 is 1.53 bits per heavy atom. The van der Waals surface area contributed by atoms with Gasteiger partial charge in [0.1, 0.15) is 0 Å². The molecule has 1 rings (SSSR count). The molecule has 2 atom stereocenters. The van der Waals surface area contributed by atoms with Crippen LogP contribution in [0.25, 0.3) is 0 Å². The Hall–Kier alpha value is -0.610. The zero-order valence-corrected chi connectivity index (χ0v) is 11.1. The van der Waals surface area contributed by atoms with E-state index < -0.39 is 0 Å². The van der Waals surface area contributed by atoms with Crippen LogP contribution in [0.1, 0.15) is 39.5 Å². The summed E-state index contributed by atoms with van der Waals surface area (Å²) < 4.78 is 5.20. The van der Waals surface area contributed by atoms with Crippen LogP contribution in [0.5, 0.6) is 0 Å². The number of ether oxygens (including phenoxy) is 1. The minimum Gasteiger partial charge on any atom is -0.382 e. The Morgan fingerprint density at radius 2 is 2.35 bits per heavy atom. The van der Waals surface area contributed by atoms with Gasteiger partial charge in [0.15, 0.2) is 0 Å². The summed E-state index contributed by atoms with van der Waals surface area (Å²) >= 11 is 0. The molecule has 0 aromatic carbocycles. The summed E-state index contributed by atoms with van der Waals surface area (Å²) in [6.45, 7) is 7.46. The number of hydrogen-bond donors (Lipinski definition) is 2. The molecule has 2 N–H and O–H groups in total. The van der Waals surface area contributed by atoms with E-state index in [1.165, 1.54) is 12.8 Å². The Labute approximate surface area is 104 Å². The minimum absolute atomic E-state index is 0.143. The molecule has 1 aliphatic rings. The van der Waals surface area contributed by atoms with Crippen molar-refractivity contribution in [1.29, 1.82) is 0 Å². The lowest BCUT2D eigenvalue weighted by atomic mass is 9.93. The van der Waals surface area contributed by atoms with E-state index in [9.17, 15) is 4.79 Å². The van der Waals surface area contributed by atoms with E-state index >= 15 is 0 Å². The summed E-state index contributed by atoms with van der Waals surface area (Å²) in [5.74, 6) is 0.803. The highest BCUT2D eigenvalue weighted by atomic mass is 16.5. The molecule has 1 fully saturated rings. The zero-order chi connectivity index (χ0) is 12.5. The summed E-state index contributed by atoms with van der Waals surface area (Å²) in [4.78, 5) is 11.6. The number of amides is 1. The fourth-order valence-electron chi connectivity index (χ4n) is 2.18. The Morgan fingerprint density at radius 3 is 3.06 bits per heavy atom. The second kappa shape index (κ2) is 8.48. The third kappa shape index (κ3) is 6.03. The van der Waals surface area contributed by atoms with Crippen molar-refractivity contribution in [3.05, 3.63) is 0 Å². The number of rotatable bonds is 7. The summed E-state index contributed by atoms with van der Waals surface area (Å²) in [5, 5.41) is 6.46. The summed E-state index contributed by atoms with van der Waals surface area (Å²) in [6.07, 6.45) is 3.90. The lowest BCUT2D eigenvalue weighted by Crippen LogP contribution is -2.47. The molecule has 17 heavy (non-hydrogen) atoms. The van der Waals surface area contributed by atoms with Crippen molar-refractivity contribution in [2.24, 2.45) is 5.92 Å². The maximum atomic E-state index is 11.6. The second-order valence-corrected chi connectivity index (χ2v) is 4.78. The lowest BCUT2D eigenvalue weighted by Gasteiger charge is -2.30. The van der Waals surface area contributed by atoms with Gasteiger partial charge in [-0.15, -0.1) is 0 Å². The molecule has 4 heteroatoms. The SMILES string of the molecule is CCOCCCC(=O)NCC1NCCCC1C. The molecule has 1 saturated heterocycles. The van der Waals surface area contributed by atoms with Crippen LogP contribution in [0.15, 0.2) is 0 Å². The van der Waals surface area contributed by atoms with Crippen molar-refractivity contribution in [2.75, 3.05) is 26.3 Å². The maximum Gasteiger partial charge on any atom is 0.220 e. The molecule has 1 aliphatic heterocycles. The molecule has 0 aromatic heterocycles. The highest BCUT2D eigenvalue weighted by molar-refractivity contribution is 5.75. The molecule has 2 unspecified atom stereocenters. The molecule has 0 radical (unpaired) electrons. The van der Waals surface area contributed by atoms with Gasteiger partial charge in [0.25, 0.3) is 0 Å². The largest absolute Gasteiger partial charge is 0.382 e. The standard InChI is InChI=1S/C13H26N2O2/c1-3-17-9-5-7-13(16)15-10-12-11(2)6-4-8-14-12/h11-12,14H,3-10H2,1-2H3,(H,15,16). The van der Waals surface area contributed by atoms with E-state index in [0.717, 1.165) is 26.1 Å². The van der Waals surface area contributed by atoms with Crippen molar-refractivity contribution in [2.45, 2.75) is 45.6 Å². The topological polar surface area (TPSA) is 50.4 Å². The summed E-state index contributed by atoms with van der Waals surface area (Å²) in [6, 6.07) is 0.444. The van der Waals surface area contributed by atoms with Gasteiger partial charge in [-0.2, -0.15) is 0 Å². The van der Waals surface area contributed by atoms with E-state index in [1.54, 1.807) is 0 Å². The average Bonchev–Trinajstić information content (AvgIpc) is 2.34. The summed E-state index contributed by atoms with van der Waals surface area (Å²) in [5.41, 5.74) is 0. The predicted octanol–water partition coefficient (Wildman–Crippen LogP) is 1.31. The van der Waals surface area contributed by atoms with Crippen LogP contribution in [-0.2, 0) is 9.53 Å². The van der Waals surface area contributed by atoms with Crippen LogP contribution in [0.4, 0.5) is 0 Å². The van der Waals surface area contributed by atoms with Crippen LogP contribution in [0.3, 0.4) is 0 Å². The van der Waals surface area contributed by atoms with Gasteiger partial charge in [0.2, 0.25) is 5.91 Å². The number of carbonyl (C=O) groups excluding carboxylic acids is 1. The molecule has 1 heterocycles. The van der Waals surface area contributed by atoms with Gasteiger partial charge in [0, 0.05) is 32.2 Å². The number of carbonyl (C=O) groups is 1. The van der Waals surface area contributed by atoms with Crippen molar-refractivity contribution < 1.29 is 9.53 Å². The first-order valence-electron chi connectivity index (χ1n) is 6.82. The molecule has 1 amide bonds. The molecular formula is C13H26N2O2. The number of nitrogens with one attached hydrogen (secondary N) is 2. The Balaban J connectivity index is 2.06. The summed E-state index contributed by atoms with van der Waals surface area (Å²) in [7, 11) is 0. The van der Waals surface area contributed by atoms with Gasteiger partial charge in [-0.3, -0.25) is 4.79 Å². The van der Waals surface area contributed by atoms with Gasteiger partial charge in [-0.05, 0) is 38.6 Å². The van der Waals surface area contributed by atoms with Crippen molar-refractivity contribution >= 4 is 5.91 Å². The van der Waals surface area contributed by atoms with E-state index in [-0.39, 0.29) is 5.91 Å². The van der Waals surface area contributed by atoms with Gasteiger partial charge >= 0.3 is 0 Å². The smallest absolute Gasteiger partial charge is 0.220 e. The van der Waals surface area contributed by atoms with Crippen molar-refractivity contribution in [3.8, 4) is 0 Å². The monoisotopic (exact) mass is 242 g/mol. The number of piperidine rings is 1. The Bertz CT molecular complexity index is 221. The van der Waals surface area contributed by atoms with Gasteiger partial charge in [-0.1, -0.05) is 6.92 Å². The zero-order valence-electron chi connectivity index (χ0n) is 11.1. The molecule has 0 bridgehead atoms. The third-order valence-corrected chi connectivity index (χ3v) is 3.35. The van der Waals surface area contributed by atoms with Crippen LogP contribution in [0, 0.1) is 5.92 Å². The van der Waals surface area contributed by atoms with Crippen LogP contribution >= 0.6 is 0 Å².